The van der Waals surface area contributed by atoms with Gasteiger partial charge in [-0.1, -0.05) is 48.5 Å². The van der Waals surface area contributed by atoms with Crippen LogP contribution in [0, 0.1) is 5.41 Å². The molecule has 2 amide bonds. The van der Waals surface area contributed by atoms with E-state index in [2.05, 4.69) is 29.6 Å². The number of hydrogen-bond donors (Lipinski definition) is 2. The topological polar surface area (TPSA) is 105 Å². The minimum atomic E-state index is -0.984. The number of ether oxygens (including phenoxy) is 2. The highest BCUT2D eigenvalue weighted by Gasteiger charge is 2.47. The number of rotatable bonds is 6. The number of fused-ring (bicyclic) bond motifs is 3. The quantitative estimate of drug-likeness (QED) is 0.659. The lowest BCUT2D eigenvalue weighted by Crippen LogP contribution is -2.55. The Kier molecular flexibility index (Phi) is 6.47. The molecule has 1 atom stereocenters. The van der Waals surface area contributed by atoms with Crippen LogP contribution in [0.1, 0.15) is 42.7 Å². The fourth-order valence-electron chi connectivity index (χ4n) is 5.69. The fourth-order valence-corrected chi connectivity index (χ4v) is 5.69. The van der Waals surface area contributed by atoms with Crippen molar-refractivity contribution < 1.29 is 29.0 Å². The van der Waals surface area contributed by atoms with E-state index in [4.69, 9.17) is 9.47 Å². The number of benzene rings is 2. The van der Waals surface area contributed by atoms with Crippen LogP contribution >= 0.6 is 0 Å². The highest BCUT2D eigenvalue weighted by Crippen LogP contribution is 2.44. The summed E-state index contributed by atoms with van der Waals surface area (Å²) >= 11 is 0. The molecule has 0 bridgehead atoms. The molecule has 2 heterocycles. The monoisotopic (exact) mass is 478 g/mol. The molecule has 2 aliphatic heterocycles. The molecule has 0 aromatic heterocycles. The van der Waals surface area contributed by atoms with Gasteiger partial charge in [0.1, 0.15) is 12.6 Å². The number of amides is 2. The SMILES string of the molecule is O=C(NCC1(C(=O)N2CCC[C@H]2C(=O)O)CCOCC1)OCC1c2ccccc2-c2ccccc21. The van der Waals surface area contributed by atoms with E-state index in [1.807, 2.05) is 24.3 Å². The number of carbonyl (C=O) groups is 3. The lowest BCUT2D eigenvalue weighted by molar-refractivity contribution is -0.156. The molecule has 0 radical (unpaired) electrons. The first kappa shape index (κ1) is 23.4. The van der Waals surface area contributed by atoms with Gasteiger partial charge in [0, 0.05) is 32.2 Å². The van der Waals surface area contributed by atoms with E-state index in [0.29, 0.717) is 45.4 Å². The maximum Gasteiger partial charge on any atom is 0.407 e. The Morgan fingerprint density at radius 2 is 1.66 bits per heavy atom. The summed E-state index contributed by atoms with van der Waals surface area (Å²) in [6, 6.07) is 15.5. The largest absolute Gasteiger partial charge is 0.480 e. The van der Waals surface area contributed by atoms with E-state index in [-0.39, 0.29) is 25.0 Å². The summed E-state index contributed by atoms with van der Waals surface area (Å²) in [6.07, 6.45) is 1.39. The van der Waals surface area contributed by atoms with Crippen molar-refractivity contribution in [1.82, 2.24) is 10.2 Å². The van der Waals surface area contributed by atoms with Gasteiger partial charge in [-0.15, -0.1) is 0 Å². The van der Waals surface area contributed by atoms with Gasteiger partial charge in [0.25, 0.3) is 0 Å². The Morgan fingerprint density at radius 1 is 1.03 bits per heavy atom. The van der Waals surface area contributed by atoms with E-state index < -0.39 is 23.5 Å². The molecule has 35 heavy (non-hydrogen) atoms. The molecule has 2 fully saturated rings. The Hall–Kier alpha value is -3.39. The number of carbonyl (C=O) groups excluding carboxylic acids is 2. The van der Waals surface area contributed by atoms with Gasteiger partial charge in [-0.2, -0.15) is 0 Å². The van der Waals surface area contributed by atoms with E-state index in [0.717, 1.165) is 22.3 Å². The van der Waals surface area contributed by atoms with Gasteiger partial charge in [0.15, 0.2) is 0 Å². The molecule has 0 unspecified atom stereocenters. The molecule has 5 rings (SSSR count). The average molecular weight is 479 g/mol. The Bertz CT molecular complexity index is 1080. The van der Waals surface area contributed by atoms with Crippen LogP contribution < -0.4 is 5.32 Å². The third-order valence-electron chi connectivity index (χ3n) is 7.62. The van der Waals surface area contributed by atoms with Gasteiger partial charge < -0.3 is 24.8 Å². The molecule has 0 saturated carbocycles. The Morgan fingerprint density at radius 3 is 2.29 bits per heavy atom. The van der Waals surface area contributed by atoms with Gasteiger partial charge in [0.05, 0.1) is 5.41 Å². The molecule has 2 saturated heterocycles. The van der Waals surface area contributed by atoms with Crippen molar-refractivity contribution in [3.63, 3.8) is 0 Å². The van der Waals surface area contributed by atoms with Gasteiger partial charge in [-0.25, -0.2) is 9.59 Å². The minimum absolute atomic E-state index is 0.0484. The summed E-state index contributed by atoms with van der Waals surface area (Å²) in [7, 11) is 0. The molecule has 2 aromatic rings. The highest BCUT2D eigenvalue weighted by atomic mass is 16.5. The van der Waals surface area contributed by atoms with Crippen LogP contribution in [0.25, 0.3) is 11.1 Å². The molecule has 1 aliphatic carbocycles. The number of nitrogens with one attached hydrogen (secondary N) is 1. The second-order valence-electron chi connectivity index (χ2n) is 9.57. The molecule has 0 spiro atoms. The molecule has 2 N–H and O–H groups in total. The molecule has 8 heteroatoms. The molecule has 184 valence electrons. The maximum absolute atomic E-state index is 13.5. The van der Waals surface area contributed by atoms with Crippen LogP contribution in [-0.4, -0.2) is 66.9 Å². The summed E-state index contributed by atoms with van der Waals surface area (Å²) in [5, 5.41) is 12.3. The standard InChI is InChI=1S/C27H30N2O6/c30-24(31)23-10-5-13-29(23)25(32)27(11-14-34-15-12-27)17-28-26(33)35-16-22-20-8-3-1-6-18(20)19-7-2-4-9-21(19)22/h1-4,6-9,22-23H,5,10-17H2,(H,28,33)(H,30,31)/t23-/m0/s1. The van der Waals surface area contributed by atoms with E-state index in [1.54, 1.807) is 0 Å². The van der Waals surface area contributed by atoms with Crippen LogP contribution in [0.15, 0.2) is 48.5 Å². The lowest BCUT2D eigenvalue weighted by atomic mass is 9.78. The zero-order valence-electron chi connectivity index (χ0n) is 19.6. The zero-order valence-corrected chi connectivity index (χ0v) is 19.6. The first-order valence-corrected chi connectivity index (χ1v) is 12.2. The number of nitrogens with zero attached hydrogens (tertiary/aromatic N) is 1. The van der Waals surface area contributed by atoms with Crippen molar-refractivity contribution in [3.05, 3.63) is 59.7 Å². The zero-order chi connectivity index (χ0) is 24.4. The third-order valence-corrected chi connectivity index (χ3v) is 7.62. The summed E-state index contributed by atoms with van der Waals surface area (Å²) in [6.45, 7) is 1.49. The second-order valence-corrected chi connectivity index (χ2v) is 9.57. The van der Waals surface area contributed by atoms with Gasteiger partial charge in [-0.05, 0) is 47.9 Å². The summed E-state index contributed by atoms with van der Waals surface area (Å²) < 4.78 is 11.1. The number of aliphatic carboxylic acids is 1. The van der Waals surface area contributed by atoms with Crippen LogP contribution in [0.4, 0.5) is 4.79 Å². The van der Waals surface area contributed by atoms with Crippen molar-refractivity contribution in [2.24, 2.45) is 5.41 Å². The van der Waals surface area contributed by atoms with Crippen LogP contribution in [0.3, 0.4) is 0 Å². The number of hydrogen-bond acceptors (Lipinski definition) is 5. The highest BCUT2D eigenvalue weighted by molar-refractivity contribution is 5.89. The number of carboxylic acid groups (broad SMARTS) is 1. The van der Waals surface area contributed by atoms with Crippen molar-refractivity contribution in [1.29, 1.82) is 0 Å². The van der Waals surface area contributed by atoms with Gasteiger partial charge in [-0.3, -0.25) is 4.79 Å². The Balaban J connectivity index is 1.25. The number of likely N-dealkylation sites (tertiary alicyclic amines) is 1. The average Bonchev–Trinajstić information content (AvgIpc) is 3.50. The third kappa shape index (κ3) is 4.38. The van der Waals surface area contributed by atoms with Crippen LogP contribution in [0.5, 0.6) is 0 Å². The number of carboxylic acids is 1. The fraction of sp³-hybridized carbons (Fsp3) is 0.444. The Labute approximate surface area is 204 Å². The number of alkyl carbamates (subject to hydrolysis) is 1. The molecule has 2 aromatic carbocycles. The maximum atomic E-state index is 13.5. The second kappa shape index (κ2) is 9.70. The van der Waals surface area contributed by atoms with E-state index in [9.17, 15) is 19.5 Å². The van der Waals surface area contributed by atoms with E-state index >= 15 is 0 Å². The summed E-state index contributed by atoms with van der Waals surface area (Å²) in [4.78, 5) is 39.4. The van der Waals surface area contributed by atoms with Crippen LogP contribution in [0.2, 0.25) is 0 Å². The minimum Gasteiger partial charge on any atom is -0.480 e. The van der Waals surface area contributed by atoms with Crippen molar-refractivity contribution in [3.8, 4) is 11.1 Å². The van der Waals surface area contributed by atoms with Crippen LogP contribution in [-0.2, 0) is 19.1 Å². The lowest BCUT2D eigenvalue weighted by Gasteiger charge is -2.39. The van der Waals surface area contributed by atoms with E-state index in [1.165, 1.54) is 4.90 Å². The molecular formula is C27H30N2O6. The van der Waals surface area contributed by atoms with Crippen molar-refractivity contribution in [2.75, 3.05) is 32.9 Å². The molecular weight excluding hydrogens is 448 g/mol. The van der Waals surface area contributed by atoms with Crippen molar-refractivity contribution >= 4 is 18.0 Å². The predicted octanol–water partition coefficient (Wildman–Crippen LogP) is 3.40. The van der Waals surface area contributed by atoms with Gasteiger partial charge >= 0.3 is 12.1 Å². The van der Waals surface area contributed by atoms with Crippen molar-refractivity contribution in [2.45, 2.75) is 37.6 Å². The first-order valence-electron chi connectivity index (χ1n) is 12.2. The summed E-state index contributed by atoms with van der Waals surface area (Å²) in [5.74, 6) is -1.25. The first-order chi connectivity index (χ1) is 17.0. The predicted molar refractivity (Wildman–Crippen MR) is 128 cm³/mol. The smallest absolute Gasteiger partial charge is 0.407 e. The summed E-state index contributed by atoms with van der Waals surface area (Å²) in [5.41, 5.74) is 3.68. The normalized spacial score (nSPS) is 20.7. The molecule has 3 aliphatic rings. The molecule has 8 nitrogen and oxygen atoms in total. The van der Waals surface area contributed by atoms with Gasteiger partial charge in [0.2, 0.25) is 5.91 Å².